The summed E-state index contributed by atoms with van der Waals surface area (Å²) in [7, 11) is 1.70. The average Bonchev–Trinajstić information content (AvgIpc) is 3.17. The number of ether oxygens (including phenoxy) is 1. The van der Waals surface area contributed by atoms with Crippen molar-refractivity contribution in [3.63, 3.8) is 0 Å². The molecule has 5 rings (SSSR count). The van der Waals surface area contributed by atoms with E-state index in [-0.39, 0.29) is 5.56 Å². The quantitative estimate of drug-likeness (QED) is 0.550. The largest absolute Gasteiger partial charge is 0.497 e. The van der Waals surface area contributed by atoms with Crippen molar-refractivity contribution in [3.8, 4) is 5.75 Å². The van der Waals surface area contributed by atoms with Crippen molar-refractivity contribution in [2.24, 2.45) is 0 Å². The summed E-state index contributed by atoms with van der Waals surface area (Å²) >= 11 is 0. The fraction of sp³-hybridized carbons (Fsp3) is 0.208. The molecule has 2 aromatic carbocycles. The Bertz CT molecular complexity index is 1280. The first-order valence-electron chi connectivity index (χ1n) is 9.89. The molecule has 5 nitrogen and oxygen atoms in total. The molecule has 146 valence electrons. The van der Waals surface area contributed by atoms with Gasteiger partial charge < -0.3 is 14.7 Å². The normalized spacial score (nSPS) is 15.0. The fourth-order valence-electron chi connectivity index (χ4n) is 4.24. The van der Waals surface area contributed by atoms with Crippen LogP contribution in [-0.2, 0) is 6.54 Å². The van der Waals surface area contributed by atoms with Crippen LogP contribution in [-0.4, -0.2) is 35.1 Å². The molecule has 5 heteroatoms. The molecule has 0 saturated heterocycles. The Balaban J connectivity index is 1.40. The van der Waals surface area contributed by atoms with Gasteiger partial charge in [0.05, 0.1) is 7.11 Å². The number of rotatable bonds is 4. The number of hydrogen-bond acceptors (Lipinski definition) is 3. The van der Waals surface area contributed by atoms with Gasteiger partial charge in [0, 0.05) is 59.3 Å². The second-order valence-electron chi connectivity index (χ2n) is 7.53. The van der Waals surface area contributed by atoms with Crippen LogP contribution in [0, 0.1) is 0 Å². The number of nitrogens with one attached hydrogen (secondary N) is 2. The number of aromatic amines is 2. The van der Waals surface area contributed by atoms with Gasteiger partial charge in [-0.15, -0.1) is 0 Å². The van der Waals surface area contributed by atoms with Crippen LogP contribution in [0.25, 0.3) is 27.4 Å². The Morgan fingerprint density at radius 3 is 2.79 bits per heavy atom. The van der Waals surface area contributed by atoms with Gasteiger partial charge >= 0.3 is 0 Å². The number of pyridine rings is 1. The molecule has 4 aromatic rings. The van der Waals surface area contributed by atoms with E-state index >= 15 is 0 Å². The van der Waals surface area contributed by atoms with E-state index < -0.39 is 0 Å². The molecule has 1 aliphatic heterocycles. The van der Waals surface area contributed by atoms with E-state index in [0.29, 0.717) is 0 Å². The Morgan fingerprint density at radius 1 is 1.07 bits per heavy atom. The summed E-state index contributed by atoms with van der Waals surface area (Å²) < 4.78 is 5.39. The highest BCUT2D eigenvalue weighted by Crippen LogP contribution is 2.32. The zero-order chi connectivity index (χ0) is 19.8. The standard InChI is InChI=1S/C24H23N3O2/c1-29-18-6-7-22-20(13-18)21(14-25-22)16-8-10-27(11-9-16)15-17-12-24(28)26-23-5-3-2-4-19(17)23/h2-8,12-14,25H,9-11,15H2,1H3,(H,26,28). The van der Waals surface area contributed by atoms with Gasteiger partial charge in [-0.3, -0.25) is 9.69 Å². The number of H-pyrrole nitrogens is 2. The van der Waals surface area contributed by atoms with Crippen molar-refractivity contribution in [3.05, 3.63) is 82.3 Å². The summed E-state index contributed by atoms with van der Waals surface area (Å²) in [6.45, 7) is 2.60. The maximum Gasteiger partial charge on any atom is 0.248 e. The Kier molecular flexibility index (Phi) is 4.45. The van der Waals surface area contributed by atoms with Gasteiger partial charge in [0.1, 0.15) is 5.75 Å². The van der Waals surface area contributed by atoms with Crippen LogP contribution in [0.4, 0.5) is 0 Å². The van der Waals surface area contributed by atoms with E-state index in [1.165, 1.54) is 16.5 Å². The first-order chi connectivity index (χ1) is 14.2. The van der Waals surface area contributed by atoms with Gasteiger partial charge in [0.25, 0.3) is 0 Å². The molecule has 0 unspecified atom stereocenters. The van der Waals surface area contributed by atoms with Gasteiger partial charge in [-0.2, -0.15) is 0 Å². The highest BCUT2D eigenvalue weighted by molar-refractivity contribution is 5.93. The van der Waals surface area contributed by atoms with E-state index in [1.807, 2.05) is 24.3 Å². The maximum atomic E-state index is 12.0. The van der Waals surface area contributed by atoms with Crippen LogP contribution in [0.15, 0.2) is 65.6 Å². The van der Waals surface area contributed by atoms with Crippen LogP contribution in [0.3, 0.4) is 0 Å². The van der Waals surface area contributed by atoms with E-state index in [2.05, 4.69) is 45.3 Å². The number of fused-ring (bicyclic) bond motifs is 2. The molecule has 0 saturated carbocycles. The maximum absolute atomic E-state index is 12.0. The van der Waals surface area contributed by atoms with E-state index in [4.69, 9.17) is 4.74 Å². The fourth-order valence-corrected chi connectivity index (χ4v) is 4.24. The average molecular weight is 385 g/mol. The number of methoxy groups -OCH3 is 1. The smallest absolute Gasteiger partial charge is 0.248 e. The van der Waals surface area contributed by atoms with Gasteiger partial charge in [-0.1, -0.05) is 24.3 Å². The second kappa shape index (κ2) is 7.26. The van der Waals surface area contributed by atoms with Gasteiger partial charge in [0.15, 0.2) is 0 Å². The van der Waals surface area contributed by atoms with Crippen molar-refractivity contribution in [2.45, 2.75) is 13.0 Å². The lowest BCUT2D eigenvalue weighted by Crippen LogP contribution is -2.28. The molecule has 2 aromatic heterocycles. The van der Waals surface area contributed by atoms with Gasteiger partial charge in [0.2, 0.25) is 5.56 Å². The summed E-state index contributed by atoms with van der Waals surface area (Å²) in [4.78, 5) is 20.7. The van der Waals surface area contributed by atoms with E-state index in [1.54, 1.807) is 13.2 Å². The third-order valence-electron chi connectivity index (χ3n) is 5.76. The third kappa shape index (κ3) is 3.34. The minimum absolute atomic E-state index is 0.0420. The molecule has 0 amide bonds. The minimum Gasteiger partial charge on any atom is -0.497 e. The molecule has 0 aliphatic carbocycles. The van der Waals surface area contributed by atoms with Gasteiger partial charge in [-0.05, 0) is 41.8 Å². The van der Waals surface area contributed by atoms with Crippen molar-refractivity contribution in [2.75, 3.05) is 20.2 Å². The second-order valence-corrected chi connectivity index (χ2v) is 7.53. The van der Waals surface area contributed by atoms with Gasteiger partial charge in [-0.25, -0.2) is 0 Å². The summed E-state index contributed by atoms with van der Waals surface area (Å²) in [5.74, 6) is 0.873. The minimum atomic E-state index is -0.0420. The van der Waals surface area contributed by atoms with Crippen LogP contribution < -0.4 is 10.3 Å². The first kappa shape index (κ1) is 17.8. The van der Waals surface area contributed by atoms with Crippen LogP contribution >= 0.6 is 0 Å². The number of hydrogen-bond donors (Lipinski definition) is 2. The third-order valence-corrected chi connectivity index (χ3v) is 5.76. The molecule has 0 fully saturated rings. The molecule has 0 bridgehead atoms. The van der Waals surface area contributed by atoms with Crippen molar-refractivity contribution >= 4 is 27.4 Å². The lowest BCUT2D eigenvalue weighted by atomic mass is 9.98. The number of para-hydroxylation sites is 1. The molecule has 2 N–H and O–H groups in total. The Morgan fingerprint density at radius 2 is 1.97 bits per heavy atom. The van der Waals surface area contributed by atoms with E-state index in [0.717, 1.165) is 53.8 Å². The number of aromatic nitrogens is 2. The lowest BCUT2D eigenvalue weighted by Gasteiger charge is -2.26. The van der Waals surface area contributed by atoms with Crippen LogP contribution in [0.2, 0.25) is 0 Å². The molecule has 0 radical (unpaired) electrons. The van der Waals surface area contributed by atoms with Crippen LogP contribution in [0.5, 0.6) is 5.75 Å². The number of nitrogens with zero attached hydrogens (tertiary/aromatic N) is 1. The summed E-state index contributed by atoms with van der Waals surface area (Å²) in [5, 5.41) is 2.32. The van der Waals surface area contributed by atoms with E-state index in [9.17, 15) is 4.79 Å². The lowest BCUT2D eigenvalue weighted by molar-refractivity contribution is 0.295. The molecular weight excluding hydrogens is 362 g/mol. The predicted molar refractivity (Wildman–Crippen MR) is 117 cm³/mol. The summed E-state index contributed by atoms with van der Waals surface area (Å²) in [6.07, 6.45) is 5.38. The molecule has 29 heavy (non-hydrogen) atoms. The SMILES string of the molecule is COc1ccc2[nH]cc(C3=CCN(Cc4cc(=O)[nH]c5ccccc45)CC3)c2c1. The molecule has 0 spiro atoms. The Labute approximate surface area is 168 Å². The zero-order valence-corrected chi connectivity index (χ0v) is 16.4. The molecule has 1 aliphatic rings. The molecule has 3 heterocycles. The zero-order valence-electron chi connectivity index (χ0n) is 16.4. The molecular formula is C24H23N3O2. The highest BCUT2D eigenvalue weighted by atomic mass is 16.5. The number of benzene rings is 2. The first-order valence-corrected chi connectivity index (χ1v) is 9.89. The predicted octanol–water partition coefficient (Wildman–Crippen LogP) is 4.31. The highest BCUT2D eigenvalue weighted by Gasteiger charge is 2.17. The van der Waals surface area contributed by atoms with Crippen molar-refractivity contribution in [1.29, 1.82) is 0 Å². The summed E-state index contributed by atoms with van der Waals surface area (Å²) in [6, 6.07) is 15.9. The van der Waals surface area contributed by atoms with Crippen molar-refractivity contribution in [1.82, 2.24) is 14.9 Å². The topological polar surface area (TPSA) is 61.1 Å². The summed E-state index contributed by atoms with van der Waals surface area (Å²) in [5.41, 5.74) is 5.67. The molecule has 0 atom stereocenters. The van der Waals surface area contributed by atoms with Crippen molar-refractivity contribution < 1.29 is 4.74 Å². The monoisotopic (exact) mass is 385 g/mol. The Hall–Kier alpha value is -3.31. The van der Waals surface area contributed by atoms with Crippen LogP contribution in [0.1, 0.15) is 17.5 Å².